The molecule has 0 spiro atoms. The van der Waals surface area contributed by atoms with E-state index in [4.69, 9.17) is 0 Å². The van der Waals surface area contributed by atoms with Gasteiger partial charge in [-0.25, -0.2) is 0 Å². The van der Waals surface area contributed by atoms with Crippen LogP contribution in [0.25, 0.3) is 5.69 Å². The van der Waals surface area contributed by atoms with E-state index >= 15 is 0 Å². The van der Waals surface area contributed by atoms with E-state index in [1.165, 1.54) is 13.0 Å². The molecule has 3 rings (SSSR count). The maximum Gasteiger partial charge on any atom is 0.416 e. The van der Waals surface area contributed by atoms with Gasteiger partial charge in [0.05, 0.1) is 22.2 Å². The summed E-state index contributed by atoms with van der Waals surface area (Å²) in [4.78, 5) is 34.9. The lowest BCUT2D eigenvalue weighted by molar-refractivity contribution is -0.385. The first-order valence-corrected chi connectivity index (χ1v) is 9.79. The first kappa shape index (κ1) is 23.1. The highest BCUT2D eigenvalue weighted by molar-refractivity contribution is 9.10. The molecule has 0 bridgehead atoms. The van der Waals surface area contributed by atoms with Gasteiger partial charge in [-0.2, -0.15) is 23.0 Å². The van der Waals surface area contributed by atoms with Gasteiger partial charge in [-0.05, 0) is 42.8 Å². The number of nitro benzene ring substituents is 1. The second kappa shape index (κ2) is 8.91. The standard InChI is InChI=1S/C20H14BrF3N4O4/c1-11(12-7-13(20(22,23)24)9-16(8-12)28(31)32)25-19(30)17-5-6-18(29)27(26-17)15-4-2-3-14(21)10-15/h2-11H,1H3,(H,25,30). The summed E-state index contributed by atoms with van der Waals surface area (Å²) in [5, 5.41) is 17.5. The molecule has 0 fully saturated rings. The van der Waals surface area contributed by atoms with Gasteiger partial charge in [0.25, 0.3) is 17.2 Å². The Labute approximate surface area is 187 Å². The van der Waals surface area contributed by atoms with Crippen molar-refractivity contribution >= 4 is 27.5 Å². The van der Waals surface area contributed by atoms with E-state index in [9.17, 15) is 32.9 Å². The van der Waals surface area contributed by atoms with Crippen molar-refractivity contribution < 1.29 is 22.9 Å². The summed E-state index contributed by atoms with van der Waals surface area (Å²) in [5.74, 6) is -0.777. The highest BCUT2D eigenvalue weighted by Crippen LogP contribution is 2.34. The van der Waals surface area contributed by atoms with E-state index in [0.717, 1.165) is 22.9 Å². The lowest BCUT2D eigenvalue weighted by Gasteiger charge is -2.16. The molecule has 0 saturated carbocycles. The highest BCUT2D eigenvalue weighted by Gasteiger charge is 2.33. The number of aromatic nitrogens is 2. The maximum atomic E-state index is 13.1. The number of amides is 1. The molecule has 1 N–H and O–H groups in total. The molecule has 0 saturated heterocycles. The van der Waals surface area contributed by atoms with E-state index in [-0.39, 0.29) is 11.3 Å². The normalized spacial score (nSPS) is 12.3. The molecule has 0 aliphatic heterocycles. The number of nitrogens with zero attached hydrogens (tertiary/aromatic N) is 3. The van der Waals surface area contributed by atoms with Crippen molar-refractivity contribution in [3.8, 4) is 5.69 Å². The molecule has 1 heterocycles. The number of non-ortho nitro benzene ring substituents is 1. The highest BCUT2D eigenvalue weighted by atomic mass is 79.9. The van der Waals surface area contributed by atoms with Crippen molar-refractivity contribution in [3.63, 3.8) is 0 Å². The molecule has 166 valence electrons. The van der Waals surface area contributed by atoms with Crippen molar-refractivity contribution in [3.05, 3.63) is 96.4 Å². The summed E-state index contributed by atoms with van der Waals surface area (Å²) in [5.41, 5.74) is -2.35. The van der Waals surface area contributed by atoms with Gasteiger partial charge in [-0.1, -0.05) is 22.0 Å². The summed E-state index contributed by atoms with van der Waals surface area (Å²) >= 11 is 3.28. The van der Waals surface area contributed by atoms with Crippen LogP contribution in [-0.4, -0.2) is 20.6 Å². The first-order chi connectivity index (χ1) is 15.0. The number of hydrogen-bond donors (Lipinski definition) is 1. The van der Waals surface area contributed by atoms with Gasteiger partial charge in [-0.15, -0.1) is 0 Å². The summed E-state index contributed by atoms with van der Waals surface area (Å²) in [6, 6.07) is 10.0. The number of hydrogen-bond acceptors (Lipinski definition) is 5. The predicted octanol–water partition coefficient (Wildman–Crippen LogP) is 4.41. The summed E-state index contributed by atoms with van der Waals surface area (Å²) < 4.78 is 41.0. The lowest BCUT2D eigenvalue weighted by Crippen LogP contribution is -2.30. The first-order valence-electron chi connectivity index (χ1n) is 8.99. The van der Waals surface area contributed by atoms with E-state index in [1.807, 2.05) is 0 Å². The van der Waals surface area contributed by atoms with Gasteiger partial charge in [0.1, 0.15) is 5.69 Å². The summed E-state index contributed by atoms with van der Waals surface area (Å²) in [6.07, 6.45) is -4.80. The van der Waals surface area contributed by atoms with Crippen LogP contribution in [0.5, 0.6) is 0 Å². The van der Waals surface area contributed by atoms with Crippen molar-refractivity contribution in [1.29, 1.82) is 0 Å². The van der Waals surface area contributed by atoms with Crippen molar-refractivity contribution in [1.82, 2.24) is 15.1 Å². The average molecular weight is 511 g/mol. The zero-order valence-electron chi connectivity index (χ0n) is 16.3. The van der Waals surface area contributed by atoms with E-state index in [0.29, 0.717) is 16.2 Å². The third-order valence-electron chi connectivity index (χ3n) is 4.41. The Kier molecular flexibility index (Phi) is 6.44. The Morgan fingerprint density at radius 1 is 1.19 bits per heavy atom. The molecule has 1 amide bonds. The molecule has 1 atom stereocenters. The Morgan fingerprint density at radius 3 is 2.53 bits per heavy atom. The van der Waals surface area contributed by atoms with E-state index < -0.39 is 39.9 Å². The van der Waals surface area contributed by atoms with Crippen molar-refractivity contribution in [2.75, 3.05) is 0 Å². The molecule has 3 aromatic rings. The second-order valence-corrected chi connectivity index (χ2v) is 7.63. The third kappa shape index (κ3) is 5.19. The summed E-state index contributed by atoms with van der Waals surface area (Å²) in [7, 11) is 0. The van der Waals surface area contributed by atoms with E-state index in [2.05, 4.69) is 26.3 Å². The van der Waals surface area contributed by atoms with Crippen LogP contribution in [0.4, 0.5) is 18.9 Å². The number of alkyl halides is 3. The average Bonchev–Trinajstić information content (AvgIpc) is 2.73. The largest absolute Gasteiger partial charge is 0.416 e. The third-order valence-corrected chi connectivity index (χ3v) is 4.90. The Morgan fingerprint density at radius 2 is 1.91 bits per heavy atom. The molecule has 8 nitrogen and oxygen atoms in total. The van der Waals surface area contributed by atoms with E-state index in [1.54, 1.807) is 24.3 Å². The summed E-state index contributed by atoms with van der Waals surface area (Å²) in [6.45, 7) is 1.38. The number of nitrogens with one attached hydrogen (secondary N) is 1. The molecular formula is C20H14BrF3N4O4. The number of rotatable bonds is 5. The Balaban J connectivity index is 1.91. The van der Waals surface area contributed by atoms with Gasteiger partial charge in [0.15, 0.2) is 0 Å². The minimum absolute atomic E-state index is 0.111. The fraction of sp³-hybridized carbons (Fsp3) is 0.150. The van der Waals surface area contributed by atoms with Gasteiger partial charge < -0.3 is 5.32 Å². The quantitative estimate of drug-likeness (QED) is 0.404. The smallest absolute Gasteiger partial charge is 0.344 e. The molecule has 1 aromatic heterocycles. The van der Waals surface area contributed by atoms with Crippen molar-refractivity contribution in [2.24, 2.45) is 0 Å². The monoisotopic (exact) mass is 510 g/mol. The van der Waals surface area contributed by atoms with Crippen LogP contribution >= 0.6 is 15.9 Å². The van der Waals surface area contributed by atoms with Crippen LogP contribution in [0.15, 0.2) is 63.9 Å². The molecule has 32 heavy (non-hydrogen) atoms. The number of carbonyl (C=O) groups excluding carboxylic acids is 1. The number of halogens is 4. The minimum Gasteiger partial charge on any atom is -0.344 e. The van der Waals surface area contributed by atoms with Gasteiger partial charge in [0.2, 0.25) is 0 Å². The van der Waals surface area contributed by atoms with Crippen LogP contribution < -0.4 is 10.9 Å². The zero-order chi connectivity index (χ0) is 23.6. The molecule has 1 unspecified atom stereocenters. The fourth-order valence-electron chi connectivity index (χ4n) is 2.83. The number of benzene rings is 2. The molecule has 0 aliphatic rings. The maximum absolute atomic E-state index is 13.1. The molecule has 0 radical (unpaired) electrons. The molecule has 2 aromatic carbocycles. The van der Waals surface area contributed by atoms with Crippen LogP contribution in [0.2, 0.25) is 0 Å². The Bertz CT molecular complexity index is 1260. The van der Waals surface area contributed by atoms with Crippen LogP contribution in [0, 0.1) is 10.1 Å². The van der Waals surface area contributed by atoms with Crippen LogP contribution in [-0.2, 0) is 6.18 Å². The molecule has 12 heteroatoms. The lowest BCUT2D eigenvalue weighted by atomic mass is 10.0. The zero-order valence-corrected chi connectivity index (χ0v) is 17.8. The van der Waals surface area contributed by atoms with Gasteiger partial charge in [0, 0.05) is 22.7 Å². The second-order valence-electron chi connectivity index (χ2n) is 6.71. The minimum atomic E-state index is -4.80. The number of carbonyl (C=O) groups is 1. The fourth-order valence-corrected chi connectivity index (χ4v) is 3.22. The van der Waals surface area contributed by atoms with Crippen LogP contribution in [0.1, 0.15) is 34.6 Å². The molecular weight excluding hydrogens is 497 g/mol. The van der Waals surface area contributed by atoms with Gasteiger partial charge in [-0.3, -0.25) is 19.7 Å². The Hall–Kier alpha value is -3.54. The topological polar surface area (TPSA) is 107 Å². The number of nitro groups is 1. The van der Waals surface area contributed by atoms with Crippen LogP contribution in [0.3, 0.4) is 0 Å². The predicted molar refractivity (Wildman–Crippen MR) is 112 cm³/mol. The SMILES string of the molecule is CC(NC(=O)c1ccc(=O)n(-c2cccc(Br)c2)n1)c1cc([N+](=O)[O-])cc(C(F)(F)F)c1. The molecule has 0 aliphatic carbocycles. The van der Waals surface area contributed by atoms with Gasteiger partial charge >= 0.3 is 6.18 Å². The van der Waals surface area contributed by atoms with Crippen molar-refractivity contribution in [2.45, 2.75) is 19.1 Å².